The van der Waals surface area contributed by atoms with Crippen molar-refractivity contribution in [1.29, 1.82) is 0 Å². The number of likely N-dealkylation sites (N-methyl/N-ethyl adjacent to an activating group) is 1. The maximum atomic E-state index is 13.8. The zero-order chi connectivity index (χ0) is 16.0. The summed E-state index contributed by atoms with van der Waals surface area (Å²) >= 11 is 0. The van der Waals surface area contributed by atoms with Crippen molar-refractivity contribution in [3.05, 3.63) is 42.2 Å². The Balaban J connectivity index is 3.12. The molecule has 0 saturated carbocycles. The van der Waals surface area contributed by atoms with Gasteiger partial charge in [-0.2, -0.15) is 4.31 Å². The molecule has 0 unspecified atom stereocenters. The van der Waals surface area contributed by atoms with Gasteiger partial charge >= 0.3 is 0 Å². The molecule has 4 nitrogen and oxygen atoms in total. The van der Waals surface area contributed by atoms with Gasteiger partial charge in [0.2, 0.25) is 10.0 Å². The molecule has 1 N–H and O–H groups in total. The lowest BCUT2D eigenvalue weighted by Gasteiger charge is -2.19. The van der Waals surface area contributed by atoms with Crippen molar-refractivity contribution in [3.8, 4) is 0 Å². The quantitative estimate of drug-likeness (QED) is 0.750. The molecule has 0 amide bonds. The minimum absolute atomic E-state index is 0.105. The third-order valence-electron chi connectivity index (χ3n) is 3.04. The number of benzene rings is 1. The molecular weight excluding hydrogens is 291 g/mol. The molecule has 0 aromatic heterocycles. The Labute approximate surface area is 126 Å². The summed E-state index contributed by atoms with van der Waals surface area (Å²) in [7, 11) is -3.62. The summed E-state index contributed by atoms with van der Waals surface area (Å²) in [5.74, 6) is -0.408. The van der Waals surface area contributed by atoms with Crippen molar-refractivity contribution < 1.29 is 12.8 Å². The molecule has 1 aromatic rings. The highest BCUT2D eigenvalue weighted by atomic mass is 32.2. The molecule has 0 aliphatic heterocycles. The average molecular weight is 314 g/mol. The standard InChI is InChI=1S/C15H23FN2O2S/c1-5-9-18(6-2)21(19,20)14-7-8-15(16)13(10-14)11-17-12(3)4/h5,7-8,10,12,17H,1,6,9,11H2,2-4H3. The van der Waals surface area contributed by atoms with Gasteiger partial charge in [0.1, 0.15) is 5.82 Å². The Kier molecular flexibility index (Phi) is 6.51. The second-order valence-corrected chi connectivity index (χ2v) is 6.97. The second kappa shape index (κ2) is 7.68. The first-order valence-corrected chi connectivity index (χ1v) is 8.39. The molecule has 1 rings (SSSR count). The molecular formula is C15H23FN2O2S. The van der Waals surface area contributed by atoms with Crippen LogP contribution in [-0.2, 0) is 16.6 Å². The summed E-state index contributed by atoms with van der Waals surface area (Å²) in [6, 6.07) is 4.09. The molecule has 0 bridgehead atoms. The monoisotopic (exact) mass is 314 g/mol. The minimum atomic E-state index is -3.62. The molecule has 0 aliphatic rings. The van der Waals surface area contributed by atoms with E-state index >= 15 is 0 Å². The lowest BCUT2D eigenvalue weighted by Crippen LogP contribution is -2.31. The van der Waals surface area contributed by atoms with Crippen LogP contribution < -0.4 is 5.32 Å². The van der Waals surface area contributed by atoms with Crippen LogP contribution >= 0.6 is 0 Å². The normalized spacial score (nSPS) is 12.1. The summed E-state index contributed by atoms with van der Waals surface area (Å²) in [6.45, 7) is 10.1. The zero-order valence-corrected chi connectivity index (χ0v) is 13.6. The Morgan fingerprint density at radius 1 is 1.43 bits per heavy atom. The van der Waals surface area contributed by atoms with Crippen molar-refractivity contribution in [2.24, 2.45) is 0 Å². The Morgan fingerprint density at radius 3 is 2.62 bits per heavy atom. The Hall–Kier alpha value is -1.24. The van der Waals surface area contributed by atoms with Gasteiger partial charge < -0.3 is 5.32 Å². The minimum Gasteiger partial charge on any atom is -0.310 e. The number of hydrogen-bond donors (Lipinski definition) is 1. The van der Waals surface area contributed by atoms with E-state index < -0.39 is 15.8 Å². The molecule has 1 aromatic carbocycles. The van der Waals surface area contributed by atoms with Crippen LogP contribution in [0, 0.1) is 5.82 Å². The van der Waals surface area contributed by atoms with Crippen molar-refractivity contribution >= 4 is 10.0 Å². The Morgan fingerprint density at radius 2 is 2.10 bits per heavy atom. The van der Waals surface area contributed by atoms with E-state index in [2.05, 4.69) is 11.9 Å². The summed E-state index contributed by atoms with van der Waals surface area (Å²) in [5.41, 5.74) is 0.347. The highest BCUT2D eigenvalue weighted by Crippen LogP contribution is 2.19. The number of halogens is 1. The van der Waals surface area contributed by atoms with Crippen LogP contribution in [0.3, 0.4) is 0 Å². The highest BCUT2D eigenvalue weighted by Gasteiger charge is 2.23. The van der Waals surface area contributed by atoms with Crippen LogP contribution in [0.2, 0.25) is 0 Å². The maximum absolute atomic E-state index is 13.8. The average Bonchev–Trinajstić information content (AvgIpc) is 2.43. The second-order valence-electron chi connectivity index (χ2n) is 5.03. The largest absolute Gasteiger partial charge is 0.310 e. The van der Waals surface area contributed by atoms with E-state index in [0.29, 0.717) is 18.7 Å². The van der Waals surface area contributed by atoms with Crippen LogP contribution in [-0.4, -0.2) is 31.9 Å². The summed E-state index contributed by atoms with van der Waals surface area (Å²) in [4.78, 5) is 0.105. The smallest absolute Gasteiger partial charge is 0.243 e. The van der Waals surface area contributed by atoms with Gasteiger partial charge in [-0.1, -0.05) is 26.8 Å². The fourth-order valence-corrected chi connectivity index (χ4v) is 3.32. The highest BCUT2D eigenvalue weighted by molar-refractivity contribution is 7.89. The molecule has 0 spiro atoms. The van der Waals surface area contributed by atoms with E-state index in [0.717, 1.165) is 0 Å². The predicted octanol–water partition coefficient (Wildman–Crippen LogP) is 2.52. The third kappa shape index (κ3) is 4.62. The van der Waals surface area contributed by atoms with Gasteiger partial charge in [0.25, 0.3) is 0 Å². The fourth-order valence-electron chi connectivity index (χ4n) is 1.85. The van der Waals surface area contributed by atoms with Gasteiger partial charge in [-0.25, -0.2) is 12.8 Å². The summed E-state index contributed by atoms with van der Waals surface area (Å²) in [6.07, 6.45) is 1.53. The van der Waals surface area contributed by atoms with Crippen LogP contribution in [0.25, 0.3) is 0 Å². The van der Waals surface area contributed by atoms with E-state index in [-0.39, 0.29) is 17.5 Å². The number of rotatable bonds is 8. The number of nitrogens with one attached hydrogen (secondary N) is 1. The molecule has 6 heteroatoms. The van der Waals surface area contributed by atoms with Crippen molar-refractivity contribution in [2.45, 2.75) is 38.3 Å². The summed E-state index contributed by atoms with van der Waals surface area (Å²) in [5, 5.41) is 3.09. The first-order valence-electron chi connectivity index (χ1n) is 6.95. The van der Waals surface area contributed by atoms with Crippen LogP contribution in [0.15, 0.2) is 35.7 Å². The topological polar surface area (TPSA) is 49.4 Å². The van der Waals surface area contributed by atoms with E-state index in [1.807, 2.05) is 13.8 Å². The van der Waals surface area contributed by atoms with Gasteiger partial charge in [0.05, 0.1) is 4.90 Å². The molecule has 118 valence electrons. The molecule has 0 radical (unpaired) electrons. The van der Waals surface area contributed by atoms with Gasteiger partial charge in [-0.3, -0.25) is 0 Å². The number of sulfonamides is 1. The molecule has 0 aliphatic carbocycles. The van der Waals surface area contributed by atoms with E-state index in [4.69, 9.17) is 0 Å². The van der Waals surface area contributed by atoms with E-state index in [1.54, 1.807) is 6.92 Å². The molecule has 0 atom stereocenters. The molecule has 0 fully saturated rings. The zero-order valence-electron chi connectivity index (χ0n) is 12.8. The van der Waals surface area contributed by atoms with Crippen LogP contribution in [0.1, 0.15) is 26.3 Å². The SMILES string of the molecule is C=CCN(CC)S(=O)(=O)c1ccc(F)c(CNC(C)C)c1. The first kappa shape index (κ1) is 17.8. The van der Waals surface area contributed by atoms with E-state index in [9.17, 15) is 12.8 Å². The maximum Gasteiger partial charge on any atom is 0.243 e. The predicted molar refractivity (Wildman–Crippen MR) is 83.0 cm³/mol. The third-order valence-corrected chi connectivity index (χ3v) is 4.98. The molecule has 0 saturated heterocycles. The lowest BCUT2D eigenvalue weighted by molar-refractivity contribution is 0.459. The van der Waals surface area contributed by atoms with Crippen LogP contribution in [0.5, 0.6) is 0 Å². The summed E-state index contributed by atoms with van der Waals surface area (Å²) < 4.78 is 40.1. The first-order chi connectivity index (χ1) is 9.82. The number of hydrogen-bond acceptors (Lipinski definition) is 3. The van der Waals surface area contributed by atoms with Gasteiger partial charge in [-0.15, -0.1) is 6.58 Å². The van der Waals surface area contributed by atoms with Crippen molar-refractivity contribution in [1.82, 2.24) is 9.62 Å². The van der Waals surface area contributed by atoms with Crippen LogP contribution in [0.4, 0.5) is 4.39 Å². The van der Waals surface area contributed by atoms with Gasteiger partial charge in [0.15, 0.2) is 0 Å². The lowest BCUT2D eigenvalue weighted by atomic mass is 10.2. The van der Waals surface area contributed by atoms with E-state index in [1.165, 1.54) is 28.6 Å². The Bertz CT molecular complexity index is 585. The van der Waals surface area contributed by atoms with Gasteiger partial charge in [-0.05, 0) is 18.2 Å². The van der Waals surface area contributed by atoms with Crippen molar-refractivity contribution in [3.63, 3.8) is 0 Å². The molecule has 0 heterocycles. The number of nitrogens with zero attached hydrogens (tertiary/aromatic N) is 1. The van der Waals surface area contributed by atoms with Gasteiger partial charge in [0, 0.05) is 31.2 Å². The van der Waals surface area contributed by atoms with Crippen molar-refractivity contribution in [2.75, 3.05) is 13.1 Å². The molecule has 21 heavy (non-hydrogen) atoms. The fraction of sp³-hybridized carbons (Fsp3) is 0.467.